The van der Waals surface area contributed by atoms with Gasteiger partial charge in [-0.05, 0) is 19.9 Å². The Balaban J connectivity index is 1.82. The number of methoxy groups -OCH3 is 2. The van der Waals surface area contributed by atoms with E-state index in [1.54, 1.807) is 14.2 Å². The average Bonchev–Trinajstić information content (AvgIpc) is 3.09. The fraction of sp³-hybridized carbons (Fsp3) is 0.550. The largest absolute Gasteiger partial charge is 0.493 e. The maximum Gasteiger partial charge on any atom is 0.171 e. The second-order valence-electron chi connectivity index (χ2n) is 7.33. The summed E-state index contributed by atoms with van der Waals surface area (Å²) in [6.07, 6.45) is 1.20. The summed E-state index contributed by atoms with van der Waals surface area (Å²) in [5.41, 5.74) is 1.63. The van der Waals surface area contributed by atoms with Gasteiger partial charge in [0, 0.05) is 31.0 Å². The minimum atomic E-state index is 0.212. The molecule has 0 spiro atoms. The standard InChI is InChI=1S/C20H27N5O3/c1-6-18-21-15-8-17(27-5)16(26-4)7-14(15)20-23-22-19(25(18)20)11-24-9-12(2)28-13(3)10-24/h7-8,12-13H,6,9-11H2,1-5H3/t12-,13-/m1/s1. The van der Waals surface area contributed by atoms with Gasteiger partial charge < -0.3 is 14.2 Å². The minimum Gasteiger partial charge on any atom is -0.493 e. The van der Waals surface area contributed by atoms with Crippen molar-refractivity contribution >= 4 is 16.6 Å². The molecule has 2 aromatic heterocycles. The van der Waals surface area contributed by atoms with Crippen LogP contribution in [0.1, 0.15) is 32.4 Å². The molecule has 0 bridgehead atoms. The predicted octanol–water partition coefficient (Wildman–Crippen LogP) is 2.47. The zero-order chi connectivity index (χ0) is 19.8. The van der Waals surface area contributed by atoms with Crippen molar-refractivity contribution in [2.24, 2.45) is 0 Å². The van der Waals surface area contributed by atoms with Crippen LogP contribution in [0.3, 0.4) is 0 Å². The lowest BCUT2D eigenvalue weighted by Crippen LogP contribution is -2.45. The third kappa shape index (κ3) is 3.27. The summed E-state index contributed by atoms with van der Waals surface area (Å²) < 4.78 is 18.8. The van der Waals surface area contributed by atoms with Gasteiger partial charge in [0.2, 0.25) is 0 Å². The first kappa shape index (κ1) is 18.9. The Morgan fingerprint density at radius 2 is 1.71 bits per heavy atom. The number of aromatic nitrogens is 4. The third-order valence-electron chi connectivity index (χ3n) is 5.16. The smallest absolute Gasteiger partial charge is 0.171 e. The van der Waals surface area contributed by atoms with E-state index in [9.17, 15) is 0 Å². The van der Waals surface area contributed by atoms with E-state index in [0.717, 1.165) is 47.7 Å². The van der Waals surface area contributed by atoms with Crippen LogP contribution >= 0.6 is 0 Å². The van der Waals surface area contributed by atoms with Crippen molar-refractivity contribution in [1.82, 2.24) is 24.5 Å². The first-order valence-corrected chi connectivity index (χ1v) is 9.70. The van der Waals surface area contributed by atoms with Crippen molar-refractivity contribution in [2.75, 3.05) is 27.3 Å². The molecule has 0 saturated carbocycles. The number of nitrogens with zero attached hydrogens (tertiary/aromatic N) is 5. The van der Waals surface area contributed by atoms with Crippen LogP contribution in [-0.4, -0.2) is 64.0 Å². The third-order valence-corrected chi connectivity index (χ3v) is 5.16. The summed E-state index contributed by atoms with van der Waals surface area (Å²) in [7, 11) is 3.26. The minimum absolute atomic E-state index is 0.212. The van der Waals surface area contributed by atoms with Crippen LogP contribution in [0.25, 0.3) is 16.6 Å². The molecule has 0 amide bonds. The summed E-state index contributed by atoms with van der Waals surface area (Å²) in [4.78, 5) is 7.23. The van der Waals surface area contributed by atoms with Crippen molar-refractivity contribution < 1.29 is 14.2 Å². The Morgan fingerprint density at radius 1 is 1.04 bits per heavy atom. The molecule has 1 saturated heterocycles. The Morgan fingerprint density at radius 3 is 2.36 bits per heavy atom. The first-order valence-electron chi connectivity index (χ1n) is 9.70. The molecule has 1 aliphatic heterocycles. The molecule has 1 fully saturated rings. The number of rotatable bonds is 5. The molecule has 4 rings (SSSR count). The summed E-state index contributed by atoms with van der Waals surface area (Å²) in [6, 6.07) is 3.82. The van der Waals surface area contributed by atoms with Gasteiger partial charge in [-0.25, -0.2) is 4.98 Å². The van der Waals surface area contributed by atoms with Gasteiger partial charge in [0.25, 0.3) is 0 Å². The van der Waals surface area contributed by atoms with Crippen LogP contribution < -0.4 is 9.47 Å². The SMILES string of the molecule is CCc1nc2cc(OC)c(OC)cc2c2nnc(CN3C[C@@H](C)O[C@H](C)C3)n12. The van der Waals surface area contributed by atoms with E-state index in [-0.39, 0.29) is 12.2 Å². The maximum atomic E-state index is 5.85. The van der Waals surface area contributed by atoms with Gasteiger partial charge in [0.1, 0.15) is 5.82 Å². The Hall–Kier alpha value is -2.45. The Labute approximate surface area is 164 Å². The lowest BCUT2D eigenvalue weighted by molar-refractivity contribution is -0.0711. The molecular formula is C20H27N5O3. The van der Waals surface area contributed by atoms with E-state index in [2.05, 4.69) is 40.3 Å². The van der Waals surface area contributed by atoms with E-state index in [0.29, 0.717) is 18.0 Å². The second kappa shape index (κ2) is 7.52. The second-order valence-corrected chi connectivity index (χ2v) is 7.33. The lowest BCUT2D eigenvalue weighted by atomic mass is 10.2. The zero-order valence-corrected chi connectivity index (χ0v) is 17.1. The number of benzene rings is 1. The van der Waals surface area contributed by atoms with E-state index in [1.807, 2.05) is 12.1 Å². The molecule has 8 nitrogen and oxygen atoms in total. The molecule has 0 aliphatic carbocycles. The normalized spacial score (nSPS) is 20.8. The molecular weight excluding hydrogens is 358 g/mol. The van der Waals surface area contributed by atoms with Crippen molar-refractivity contribution in [3.8, 4) is 11.5 Å². The fourth-order valence-electron chi connectivity index (χ4n) is 4.04. The van der Waals surface area contributed by atoms with E-state index < -0.39 is 0 Å². The van der Waals surface area contributed by atoms with Gasteiger partial charge in [-0.3, -0.25) is 9.30 Å². The highest BCUT2D eigenvalue weighted by Crippen LogP contribution is 2.33. The highest BCUT2D eigenvalue weighted by Gasteiger charge is 2.24. The van der Waals surface area contributed by atoms with Gasteiger partial charge in [0.15, 0.2) is 23.0 Å². The Bertz CT molecular complexity index is 993. The van der Waals surface area contributed by atoms with Gasteiger partial charge in [-0.2, -0.15) is 0 Å². The van der Waals surface area contributed by atoms with Crippen molar-refractivity contribution in [1.29, 1.82) is 0 Å². The molecule has 1 aliphatic rings. The van der Waals surface area contributed by atoms with Crippen LogP contribution in [0.4, 0.5) is 0 Å². The summed E-state index contributed by atoms with van der Waals surface area (Å²) in [5.74, 6) is 3.15. The number of ether oxygens (including phenoxy) is 3. The molecule has 150 valence electrons. The first-order chi connectivity index (χ1) is 13.5. The quantitative estimate of drug-likeness (QED) is 0.668. The van der Waals surface area contributed by atoms with Crippen molar-refractivity contribution in [3.05, 3.63) is 23.8 Å². The number of hydrogen-bond acceptors (Lipinski definition) is 7. The zero-order valence-electron chi connectivity index (χ0n) is 17.1. The molecule has 28 heavy (non-hydrogen) atoms. The molecule has 3 heterocycles. The fourth-order valence-corrected chi connectivity index (χ4v) is 4.04. The summed E-state index contributed by atoms with van der Waals surface area (Å²) in [5, 5.41) is 9.92. The van der Waals surface area contributed by atoms with Crippen molar-refractivity contribution in [2.45, 2.75) is 45.9 Å². The van der Waals surface area contributed by atoms with Gasteiger partial charge in [0.05, 0.1) is 38.5 Å². The number of morpholine rings is 1. The number of hydrogen-bond donors (Lipinski definition) is 0. The van der Waals surface area contributed by atoms with Gasteiger partial charge >= 0.3 is 0 Å². The van der Waals surface area contributed by atoms with Crippen LogP contribution in [0, 0.1) is 0 Å². The topological polar surface area (TPSA) is 74.0 Å². The Kier molecular flexibility index (Phi) is 5.07. The van der Waals surface area contributed by atoms with Crippen molar-refractivity contribution in [3.63, 3.8) is 0 Å². The average molecular weight is 385 g/mol. The molecule has 3 aromatic rings. The highest BCUT2D eigenvalue weighted by atomic mass is 16.5. The summed E-state index contributed by atoms with van der Waals surface area (Å²) >= 11 is 0. The molecule has 0 unspecified atom stereocenters. The van der Waals surface area contributed by atoms with Crippen LogP contribution in [-0.2, 0) is 17.7 Å². The van der Waals surface area contributed by atoms with E-state index in [4.69, 9.17) is 19.2 Å². The van der Waals surface area contributed by atoms with Gasteiger partial charge in [-0.15, -0.1) is 10.2 Å². The highest BCUT2D eigenvalue weighted by molar-refractivity contribution is 5.93. The van der Waals surface area contributed by atoms with E-state index in [1.165, 1.54) is 0 Å². The molecule has 0 radical (unpaired) electrons. The van der Waals surface area contributed by atoms with Crippen LogP contribution in [0.5, 0.6) is 11.5 Å². The number of aryl methyl sites for hydroxylation is 1. The van der Waals surface area contributed by atoms with E-state index >= 15 is 0 Å². The monoisotopic (exact) mass is 385 g/mol. The summed E-state index contributed by atoms with van der Waals surface area (Å²) in [6.45, 7) is 8.79. The predicted molar refractivity (Wildman–Crippen MR) is 106 cm³/mol. The molecule has 2 atom stereocenters. The maximum absolute atomic E-state index is 5.85. The lowest BCUT2D eigenvalue weighted by Gasteiger charge is -2.34. The van der Waals surface area contributed by atoms with Crippen LogP contribution in [0.2, 0.25) is 0 Å². The number of fused-ring (bicyclic) bond motifs is 3. The van der Waals surface area contributed by atoms with Gasteiger partial charge in [-0.1, -0.05) is 6.92 Å². The molecule has 1 aromatic carbocycles. The molecule has 0 N–H and O–H groups in total. The van der Waals surface area contributed by atoms with Crippen LogP contribution in [0.15, 0.2) is 12.1 Å². The molecule has 8 heteroatoms.